The standard InChI is InChI=1S/C23H33N3O3S2/c1-19(21-11-15-26(16-12-21)31(28,29)22-10-6-17-30-22)23(27)24-13-7-14-25(2)18-20-8-4-3-5-9-20/h3-6,8-10,17,19,21H,7,11-16,18H2,1-2H3,(H,24,27)/t19-/m0/s1. The average Bonchev–Trinajstić information content (AvgIpc) is 3.33. The first kappa shape index (κ1) is 23.9. The number of nitrogens with one attached hydrogen (secondary N) is 1. The first-order valence-corrected chi connectivity index (χ1v) is 13.2. The van der Waals surface area contributed by atoms with Gasteiger partial charge in [-0.15, -0.1) is 11.3 Å². The Bertz CT molecular complexity index is 909. The van der Waals surface area contributed by atoms with E-state index in [-0.39, 0.29) is 17.7 Å². The minimum absolute atomic E-state index is 0.0743. The number of carbonyl (C=O) groups is 1. The van der Waals surface area contributed by atoms with Crippen molar-refractivity contribution in [1.29, 1.82) is 0 Å². The second kappa shape index (κ2) is 11.2. The van der Waals surface area contributed by atoms with Gasteiger partial charge in [-0.25, -0.2) is 8.42 Å². The van der Waals surface area contributed by atoms with Crippen LogP contribution < -0.4 is 5.32 Å². The van der Waals surface area contributed by atoms with E-state index < -0.39 is 10.0 Å². The third kappa shape index (κ3) is 6.62. The molecule has 1 aromatic heterocycles. The van der Waals surface area contributed by atoms with Crippen LogP contribution in [0.4, 0.5) is 0 Å². The van der Waals surface area contributed by atoms with Crippen LogP contribution in [0.25, 0.3) is 0 Å². The quantitative estimate of drug-likeness (QED) is 0.548. The van der Waals surface area contributed by atoms with Crippen molar-refractivity contribution in [3.63, 3.8) is 0 Å². The summed E-state index contributed by atoms with van der Waals surface area (Å²) >= 11 is 1.25. The number of hydrogen-bond acceptors (Lipinski definition) is 5. The number of amides is 1. The van der Waals surface area contributed by atoms with Crippen molar-refractivity contribution in [3.05, 3.63) is 53.4 Å². The van der Waals surface area contributed by atoms with E-state index in [2.05, 4.69) is 29.4 Å². The zero-order valence-corrected chi connectivity index (χ0v) is 20.0. The second-order valence-electron chi connectivity index (χ2n) is 8.33. The van der Waals surface area contributed by atoms with Crippen LogP contribution >= 0.6 is 11.3 Å². The lowest BCUT2D eigenvalue weighted by Gasteiger charge is -2.33. The van der Waals surface area contributed by atoms with Gasteiger partial charge in [0, 0.05) is 32.1 Å². The summed E-state index contributed by atoms with van der Waals surface area (Å²) in [5, 5.41) is 4.85. The second-order valence-corrected chi connectivity index (χ2v) is 11.4. The molecule has 1 N–H and O–H groups in total. The third-order valence-corrected chi connectivity index (χ3v) is 9.29. The molecule has 1 fully saturated rings. The summed E-state index contributed by atoms with van der Waals surface area (Å²) in [7, 11) is -1.30. The molecule has 8 heteroatoms. The molecule has 1 saturated heterocycles. The largest absolute Gasteiger partial charge is 0.356 e. The van der Waals surface area contributed by atoms with E-state index >= 15 is 0 Å². The van der Waals surface area contributed by atoms with E-state index in [1.54, 1.807) is 21.8 Å². The molecule has 2 heterocycles. The highest BCUT2D eigenvalue weighted by molar-refractivity contribution is 7.91. The van der Waals surface area contributed by atoms with E-state index in [9.17, 15) is 13.2 Å². The maximum Gasteiger partial charge on any atom is 0.252 e. The number of carbonyl (C=O) groups excluding carboxylic acids is 1. The highest BCUT2D eigenvalue weighted by atomic mass is 32.2. The highest BCUT2D eigenvalue weighted by Gasteiger charge is 2.33. The Balaban J connectivity index is 1.36. The molecule has 1 aromatic carbocycles. The van der Waals surface area contributed by atoms with Crippen LogP contribution in [0.2, 0.25) is 0 Å². The first-order valence-electron chi connectivity index (χ1n) is 10.9. The Morgan fingerprint density at radius 3 is 2.55 bits per heavy atom. The molecule has 0 unspecified atom stereocenters. The van der Waals surface area contributed by atoms with E-state index in [1.807, 2.05) is 25.1 Å². The number of piperidine rings is 1. The smallest absolute Gasteiger partial charge is 0.252 e. The molecule has 0 saturated carbocycles. The van der Waals surface area contributed by atoms with Gasteiger partial charge in [-0.3, -0.25) is 4.79 Å². The van der Waals surface area contributed by atoms with Crippen LogP contribution in [0, 0.1) is 11.8 Å². The lowest BCUT2D eigenvalue weighted by Crippen LogP contribution is -2.42. The van der Waals surface area contributed by atoms with Gasteiger partial charge in [0.1, 0.15) is 4.21 Å². The monoisotopic (exact) mass is 463 g/mol. The average molecular weight is 464 g/mol. The van der Waals surface area contributed by atoms with Gasteiger partial charge >= 0.3 is 0 Å². The number of benzene rings is 1. The zero-order chi connectivity index (χ0) is 22.3. The summed E-state index contributed by atoms with van der Waals surface area (Å²) in [6.07, 6.45) is 2.34. The molecular formula is C23H33N3O3S2. The third-order valence-electron chi connectivity index (χ3n) is 6.02. The fraction of sp³-hybridized carbons (Fsp3) is 0.522. The normalized spacial score (nSPS) is 17.0. The maximum absolute atomic E-state index is 12.7. The van der Waals surface area contributed by atoms with Crippen LogP contribution in [0.15, 0.2) is 52.1 Å². The number of sulfonamides is 1. The summed E-state index contributed by atoms with van der Waals surface area (Å²) in [6.45, 7) is 5.40. The molecule has 1 aliphatic heterocycles. The predicted molar refractivity (Wildman–Crippen MR) is 125 cm³/mol. The molecule has 1 aliphatic rings. The van der Waals surface area contributed by atoms with Crippen molar-refractivity contribution < 1.29 is 13.2 Å². The lowest BCUT2D eigenvalue weighted by atomic mass is 9.85. The van der Waals surface area contributed by atoms with E-state index in [0.717, 1.165) is 32.4 Å². The molecule has 0 bridgehead atoms. The van der Waals surface area contributed by atoms with Gasteiger partial charge in [0.25, 0.3) is 10.0 Å². The Kier molecular flexibility index (Phi) is 8.66. The molecule has 6 nitrogen and oxygen atoms in total. The molecule has 1 amide bonds. The fourth-order valence-electron chi connectivity index (χ4n) is 4.06. The zero-order valence-electron chi connectivity index (χ0n) is 18.4. The molecule has 2 aromatic rings. The minimum atomic E-state index is -3.39. The molecule has 1 atom stereocenters. The lowest BCUT2D eigenvalue weighted by molar-refractivity contribution is -0.126. The van der Waals surface area contributed by atoms with Crippen LogP contribution in [-0.2, 0) is 21.4 Å². The van der Waals surface area contributed by atoms with Crippen molar-refractivity contribution in [2.45, 2.75) is 36.9 Å². The summed E-state index contributed by atoms with van der Waals surface area (Å²) < 4.78 is 27.3. The van der Waals surface area contributed by atoms with Crippen molar-refractivity contribution in [1.82, 2.24) is 14.5 Å². The van der Waals surface area contributed by atoms with Gasteiger partial charge < -0.3 is 10.2 Å². The van der Waals surface area contributed by atoms with Crippen molar-refractivity contribution in [2.24, 2.45) is 11.8 Å². The first-order chi connectivity index (χ1) is 14.9. The van der Waals surface area contributed by atoms with E-state index in [1.165, 1.54) is 16.9 Å². The number of rotatable bonds is 10. The highest BCUT2D eigenvalue weighted by Crippen LogP contribution is 2.29. The van der Waals surface area contributed by atoms with Crippen LogP contribution in [0.5, 0.6) is 0 Å². The van der Waals surface area contributed by atoms with Gasteiger partial charge in [0.05, 0.1) is 0 Å². The molecule has 3 rings (SSSR count). The topological polar surface area (TPSA) is 69.7 Å². The van der Waals surface area contributed by atoms with Gasteiger partial charge in [-0.05, 0) is 55.8 Å². The van der Waals surface area contributed by atoms with Crippen LogP contribution in [-0.4, -0.2) is 56.8 Å². The van der Waals surface area contributed by atoms with Gasteiger partial charge in [-0.2, -0.15) is 4.31 Å². The molecule has 0 aliphatic carbocycles. The Labute approximate surface area is 190 Å². The summed E-state index contributed by atoms with van der Waals surface area (Å²) in [5.41, 5.74) is 1.29. The molecular weight excluding hydrogens is 430 g/mol. The van der Waals surface area contributed by atoms with Gasteiger partial charge in [0.2, 0.25) is 5.91 Å². The molecule has 31 heavy (non-hydrogen) atoms. The number of nitrogens with zero attached hydrogens (tertiary/aromatic N) is 2. The van der Waals surface area contributed by atoms with Crippen LogP contribution in [0.3, 0.4) is 0 Å². The summed E-state index contributed by atoms with van der Waals surface area (Å²) in [5.74, 6) is 0.189. The minimum Gasteiger partial charge on any atom is -0.356 e. The van der Waals surface area contributed by atoms with Crippen molar-refractivity contribution >= 4 is 27.3 Å². The summed E-state index contributed by atoms with van der Waals surface area (Å²) in [4.78, 5) is 14.8. The SMILES string of the molecule is C[C@H](C(=O)NCCCN(C)Cc1ccccc1)C1CCN(S(=O)(=O)c2cccs2)CC1. The molecule has 0 radical (unpaired) electrons. The number of hydrogen-bond donors (Lipinski definition) is 1. The number of thiophene rings is 1. The summed E-state index contributed by atoms with van der Waals surface area (Å²) in [6, 6.07) is 13.8. The van der Waals surface area contributed by atoms with Crippen molar-refractivity contribution in [2.75, 3.05) is 33.2 Å². The van der Waals surface area contributed by atoms with Gasteiger partial charge in [0.15, 0.2) is 0 Å². The van der Waals surface area contributed by atoms with Crippen molar-refractivity contribution in [3.8, 4) is 0 Å². The predicted octanol–water partition coefficient (Wildman–Crippen LogP) is 3.42. The van der Waals surface area contributed by atoms with E-state index in [0.29, 0.717) is 23.8 Å². The Morgan fingerprint density at radius 2 is 1.90 bits per heavy atom. The molecule has 170 valence electrons. The fourth-order valence-corrected chi connectivity index (χ4v) is 6.68. The maximum atomic E-state index is 12.7. The Hall–Kier alpha value is -1.74. The molecule has 0 spiro atoms. The van der Waals surface area contributed by atoms with Gasteiger partial charge in [-0.1, -0.05) is 43.3 Å². The van der Waals surface area contributed by atoms with Crippen LogP contribution in [0.1, 0.15) is 31.7 Å². The van der Waals surface area contributed by atoms with E-state index in [4.69, 9.17) is 0 Å². The Morgan fingerprint density at radius 1 is 1.19 bits per heavy atom.